The van der Waals surface area contributed by atoms with Gasteiger partial charge in [-0.15, -0.1) is 0 Å². The summed E-state index contributed by atoms with van der Waals surface area (Å²) in [6.45, 7) is -1.51. The second-order valence-electron chi connectivity index (χ2n) is 3.63. The summed E-state index contributed by atoms with van der Waals surface area (Å²) in [6.07, 6.45) is -4.59. The van der Waals surface area contributed by atoms with Gasteiger partial charge in [-0.3, -0.25) is 4.79 Å². The number of rotatable bonds is 2. The number of benzene rings is 1. The summed E-state index contributed by atoms with van der Waals surface area (Å²) in [5.74, 6) is -3.54. The number of carbonyl (C=O) groups excluding carboxylic acids is 1. The van der Waals surface area contributed by atoms with Crippen LogP contribution in [0.25, 0.3) is 0 Å². The molecule has 0 saturated carbocycles. The Hall–Kier alpha value is -1.86. The molecule has 0 atom stereocenters. The van der Waals surface area contributed by atoms with Gasteiger partial charge in [0.05, 0.1) is 0 Å². The maximum Gasteiger partial charge on any atom is 0.406 e. The number of anilines is 1. The molecule has 0 unspecified atom stereocenters. The third kappa shape index (κ3) is 3.31. The molecule has 1 aromatic carbocycles. The SMILES string of the molecule is CN(CC(F)(F)F)C(=O)c1cc(F)c(N)c(F)c1. The Morgan fingerprint density at radius 1 is 1.28 bits per heavy atom. The van der Waals surface area contributed by atoms with Crippen LogP contribution in [0.1, 0.15) is 10.4 Å². The van der Waals surface area contributed by atoms with E-state index in [0.29, 0.717) is 17.0 Å². The lowest BCUT2D eigenvalue weighted by molar-refractivity contribution is -0.138. The van der Waals surface area contributed by atoms with Crippen LogP contribution < -0.4 is 5.73 Å². The van der Waals surface area contributed by atoms with Gasteiger partial charge in [0.1, 0.15) is 23.9 Å². The van der Waals surface area contributed by atoms with Crippen molar-refractivity contribution >= 4 is 11.6 Å². The van der Waals surface area contributed by atoms with Crippen molar-refractivity contribution in [3.63, 3.8) is 0 Å². The Balaban J connectivity index is 2.98. The van der Waals surface area contributed by atoms with Crippen molar-refractivity contribution in [1.82, 2.24) is 4.90 Å². The van der Waals surface area contributed by atoms with Gasteiger partial charge in [0.2, 0.25) is 0 Å². The summed E-state index contributed by atoms with van der Waals surface area (Å²) in [7, 11) is 0.877. The monoisotopic (exact) mass is 268 g/mol. The van der Waals surface area contributed by atoms with E-state index in [4.69, 9.17) is 5.73 Å². The first-order valence-corrected chi connectivity index (χ1v) is 4.68. The van der Waals surface area contributed by atoms with Gasteiger partial charge < -0.3 is 10.6 Å². The minimum atomic E-state index is -4.59. The molecule has 0 aromatic heterocycles. The minimum absolute atomic E-state index is 0.310. The van der Waals surface area contributed by atoms with Crippen LogP contribution in [0.4, 0.5) is 27.6 Å². The number of carbonyl (C=O) groups is 1. The van der Waals surface area contributed by atoms with Crippen LogP contribution in [-0.4, -0.2) is 30.6 Å². The van der Waals surface area contributed by atoms with Crippen molar-refractivity contribution in [3.05, 3.63) is 29.3 Å². The first-order valence-electron chi connectivity index (χ1n) is 4.68. The summed E-state index contributed by atoms with van der Waals surface area (Å²) >= 11 is 0. The molecule has 1 aromatic rings. The first kappa shape index (κ1) is 14.2. The van der Waals surface area contributed by atoms with Crippen molar-refractivity contribution in [1.29, 1.82) is 0 Å². The van der Waals surface area contributed by atoms with Crippen LogP contribution in [-0.2, 0) is 0 Å². The van der Waals surface area contributed by atoms with Gasteiger partial charge in [-0.05, 0) is 12.1 Å². The standard InChI is InChI=1S/C10H9F5N2O/c1-17(4-10(13,14)15)9(18)5-2-6(11)8(16)7(12)3-5/h2-3H,4,16H2,1H3. The molecular formula is C10H9F5N2O. The molecule has 100 valence electrons. The summed E-state index contributed by atoms with van der Waals surface area (Å²) in [4.78, 5) is 11.8. The Labute approximate surface area is 99.0 Å². The zero-order valence-corrected chi connectivity index (χ0v) is 9.18. The fourth-order valence-corrected chi connectivity index (χ4v) is 1.27. The predicted octanol–water partition coefficient (Wildman–Crippen LogP) is 2.18. The van der Waals surface area contributed by atoms with Crippen molar-refractivity contribution in [3.8, 4) is 0 Å². The number of halogens is 5. The predicted molar refractivity (Wildman–Crippen MR) is 53.8 cm³/mol. The van der Waals surface area contributed by atoms with Crippen LogP contribution >= 0.6 is 0 Å². The molecule has 3 nitrogen and oxygen atoms in total. The molecule has 0 bridgehead atoms. The Morgan fingerprint density at radius 2 is 1.72 bits per heavy atom. The van der Waals surface area contributed by atoms with Crippen molar-refractivity contribution in [2.24, 2.45) is 0 Å². The van der Waals surface area contributed by atoms with E-state index in [1.807, 2.05) is 0 Å². The smallest absolute Gasteiger partial charge is 0.394 e. The first-order chi connectivity index (χ1) is 8.11. The molecule has 2 N–H and O–H groups in total. The lowest BCUT2D eigenvalue weighted by Crippen LogP contribution is -2.35. The number of hydrogen-bond acceptors (Lipinski definition) is 2. The van der Waals surface area contributed by atoms with E-state index in [1.54, 1.807) is 0 Å². The molecule has 8 heteroatoms. The van der Waals surface area contributed by atoms with Crippen molar-refractivity contribution < 1.29 is 26.7 Å². The molecule has 1 amide bonds. The lowest BCUT2D eigenvalue weighted by atomic mass is 10.1. The largest absolute Gasteiger partial charge is 0.406 e. The molecule has 0 aliphatic rings. The fourth-order valence-electron chi connectivity index (χ4n) is 1.27. The summed E-state index contributed by atoms with van der Waals surface area (Å²) in [5.41, 5.74) is 3.65. The highest BCUT2D eigenvalue weighted by Gasteiger charge is 2.31. The van der Waals surface area contributed by atoms with Crippen LogP contribution in [0.3, 0.4) is 0 Å². The molecule has 0 saturated heterocycles. The van der Waals surface area contributed by atoms with Gasteiger partial charge in [-0.1, -0.05) is 0 Å². The van der Waals surface area contributed by atoms with Crippen molar-refractivity contribution in [2.45, 2.75) is 6.18 Å². The van der Waals surface area contributed by atoms with E-state index in [-0.39, 0.29) is 0 Å². The fraction of sp³-hybridized carbons (Fsp3) is 0.300. The highest BCUT2D eigenvalue weighted by atomic mass is 19.4. The van der Waals surface area contributed by atoms with Gasteiger partial charge in [0, 0.05) is 12.6 Å². The van der Waals surface area contributed by atoms with E-state index in [9.17, 15) is 26.7 Å². The molecule has 18 heavy (non-hydrogen) atoms. The van der Waals surface area contributed by atoms with Crippen LogP contribution in [0.2, 0.25) is 0 Å². The van der Waals surface area contributed by atoms with E-state index in [2.05, 4.69) is 0 Å². The molecule has 0 aliphatic heterocycles. The number of nitrogen functional groups attached to an aromatic ring is 1. The second-order valence-corrected chi connectivity index (χ2v) is 3.63. The van der Waals surface area contributed by atoms with E-state index in [0.717, 1.165) is 7.05 Å². The van der Waals surface area contributed by atoms with Gasteiger partial charge in [-0.2, -0.15) is 13.2 Å². The maximum atomic E-state index is 13.0. The van der Waals surface area contributed by atoms with Gasteiger partial charge >= 0.3 is 6.18 Å². The summed E-state index contributed by atoms with van der Waals surface area (Å²) in [5, 5.41) is 0. The number of nitrogens with zero attached hydrogens (tertiary/aromatic N) is 1. The lowest BCUT2D eigenvalue weighted by Gasteiger charge is -2.19. The molecule has 0 radical (unpaired) electrons. The average molecular weight is 268 g/mol. The van der Waals surface area contributed by atoms with E-state index < -0.39 is 41.5 Å². The molecule has 0 heterocycles. The topological polar surface area (TPSA) is 46.3 Å². The number of hydrogen-bond donors (Lipinski definition) is 1. The zero-order valence-electron chi connectivity index (χ0n) is 9.18. The van der Waals surface area contributed by atoms with Gasteiger partial charge in [0.25, 0.3) is 5.91 Å². The normalized spacial score (nSPS) is 11.4. The highest BCUT2D eigenvalue weighted by molar-refractivity contribution is 5.94. The van der Waals surface area contributed by atoms with Crippen molar-refractivity contribution in [2.75, 3.05) is 19.3 Å². The van der Waals surface area contributed by atoms with E-state index >= 15 is 0 Å². The molecule has 0 spiro atoms. The summed E-state index contributed by atoms with van der Waals surface area (Å²) in [6, 6.07) is 1.18. The maximum absolute atomic E-state index is 13.0. The van der Waals surface area contributed by atoms with Gasteiger partial charge in [-0.25, -0.2) is 8.78 Å². The average Bonchev–Trinajstić information content (AvgIpc) is 2.21. The number of amides is 1. The number of nitrogens with two attached hydrogens (primary N) is 1. The second kappa shape index (κ2) is 4.79. The molecule has 0 fully saturated rings. The third-order valence-electron chi connectivity index (χ3n) is 2.09. The molecule has 0 aliphatic carbocycles. The third-order valence-corrected chi connectivity index (χ3v) is 2.09. The molecule has 1 rings (SSSR count). The van der Waals surface area contributed by atoms with Crippen LogP contribution in [0.5, 0.6) is 0 Å². The number of alkyl halides is 3. The van der Waals surface area contributed by atoms with Crippen LogP contribution in [0, 0.1) is 11.6 Å². The Kier molecular flexibility index (Phi) is 3.78. The minimum Gasteiger partial charge on any atom is -0.394 e. The van der Waals surface area contributed by atoms with Gasteiger partial charge in [0.15, 0.2) is 0 Å². The van der Waals surface area contributed by atoms with Crippen LogP contribution in [0.15, 0.2) is 12.1 Å². The Morgan fingerprint density at radius 3 is 2.11 bits per heavy atom. The zero-order chi connectivity index (χ0) is 14.1. The van der Waals surface area contributed by atoms with E-state index in [1.165, 1.54) is 0 Å². The molecular weight excluding hydrogens is 259 g/mol. The highest BCUT2D eigenvalue weighted by Crippen LogP contribution is 2.20. The Bertz CT molecular complexity index is 449. The quantitative estimate of drug-likeness (QED) is 0.660. The summed E-state index contributed by atoms with van der Waals surface area (Å²) < 4.78 is 62.2.